The summed E-state index contributed by atoms with van der Waals surface area (Å²) in [6.07, 6.45) is 3.12. The molecule has 0 spiro atoms. The summed E-state index contributed by atoms with van der Waals surface area (Å²) in [5.74, 6) is 0.111. The number of hydrogen-bond donors (Lipinski definition) is 1. The summed E-state index contributed by atoms with van der Waals surface area (Å²) in [4.78, 5) is 17.0. The SMILES string of the molecule is N[C@@H](Cc1ccccc1)C(=O)N1CCN2CCCC2C1. The molecule has 1 unspecified atom stereocenters. The number of hydrogen-bond acceptors (Lipinski definition) is 3. The van der Waals surface area contributed by atoms with Crippen LogP contribution in [0.4, 0.5) is 0 Å². The molecule has 0 saturated carbocycles. The van der Waals surface area contributed by atoms with Crippen LogP contribution in [-0.4, -0.2) is 54.0 Å². The van der Waals surface area contributed by atoms with Crippen molar-refractivity contribution in [2.24, 2.45) is 5.73 Å². The molecule has 1 aromatic carbocycles. The van der Waals surface area contributed by atoms with Crippen molar-refractivity contribution in [3.63, 3.8) is 0 Å². The first-order valence-electron chi connectivity index (χ1n) is 7.56. The highest BCUT2D eigenvalue weighted by Gasteiger charge is 2.33. The van der Waals surface area contributed by atoms with Gasteiger partial charge in [-0.1, -0.05) is 30.3 Å². The van der Waals surface area contributed by atoms with Crippen molar-refractivity contribution in [2.75, 3.05) is 26.2 Å². The first-order chi connectivity index (χ1) is 9.74. The lowest BCUT2D eigenvalue weighted by Gasteiger charge is -2.38. The molecule has 3 rings (SSSR count). The predicted octanol–water partition coefficient (Wildman–Crippen LogP) is 0.863. The Labute approximate surface area is 120 Å². The molecule has 4 heteroatoms. The molecule has 0 bridgehead atoms. The molecular formula is C16H23N3O. The van der Waals surface area contributed by atoms with Gasteiger partial charge in [0.05, 0.1) is 6.04 Å². The maximum atomic E-state index is 12.5. The zero-order valence-electron chi connectivity index (χ0n) is 11.9. The molecule has 2 fully saturated rings. The van der Waals surface area contributed by atoms with Crippen molar-refractivity contribution in [2.45, 2.75) is 31.3 Å². The summed E-state index contributed by atoms with van der Waals surface area (Å²) < 4.78 is 0. The number of carbonyl (C=O) groups excluding carboxylic acids is 1. The highest BCUT2D eigenvalue weighted by atomic mass is 16.2. The fourth-order valence-electron chi connectivity index (χ4n) is 3.38. The Morgan fingerprint density at radius 1 is 1.25 bits per heavy atom. The summed E-state index contributed by atoms with van der Waals surface area (Å²) in [5, 5.41) is 0. The molecule has 2 N–H and O–H groups in total. The van der Waals surface area contributed by atoms with Crippen LogP contribution in [0.25, 0.3) is 0 Å². The Morgan fingerprint density at radius 3 is 2.85 bits per heavy atom. The van der Waals surface area contributed by atoms with Crippen molar-refractivity contribution >= 4 is 5.91 Å². The van der Waals surface area contributed by atoms with Crippen LogP contribution in [0.5, 0.6) is 0 Å². The highest BCUT2D eigenvalue weighted by Crippen LogP contribution is 2.21. The van der Waals surface area contributed by atoms with Gasteiger partial charge >= 0.3 is 0 Å². The molecule has 4 nitrogen and oxygen atoms in total. The number of piperazine rings is 1. The second-order valence-electron chi connectivity index (χ2n) is 5.91. The van der Waals surface area contributed by atoms with E-state index in [0.717, 1.165) is 25.2 Å². The van der Waals surface area contributed by atoms with Crippen molar-refractivity contribution in [3.05, 3.63) is 35.9 Å². The summed E-state index contributed by atoms with van der Waals surface area (Å²) in [7, 11) is 0. The Bertz CT molecular complexity index is 462. The molecule has 20 heavy (non-hydrogen) atoms. The zero-order valence-corrected chi connectivity index (χ0v) is 11.9. The largest absolute Gasteiger partial charge is 0.338 e. The molecule has 108 valence electrons. The van der Waals surface area contributed by atoms with E-state index in [1.165, 1.54) is 19.4 Å². The lowest BCUT2D eigenvalue weighted by Crippen LogP contribution is -2.56. The lowest BCUT2D eigenvalue weighted by atomic mass is 10.0. The van der Waals surface area contributed by atoms with Gasteiger partial charge in [-0.3, -0.25) is 9.69 Å². The average Bonchev–Trinajstić information content (AvgIpc) is 2.94. The highest BCUT2D eigenvalue weighted by molar-refractivity contribution is 5.82. The first-order valence-corrected chi connectivity index (χ1v) is 7.56. The van der Waals surface area contributed by atoms with Crippen LogP contribution in [0.1, 0.15) is 18.4 Å². The summed E-state index contributed by atoms with van der Waals surface area (Å²) in [5.41, 5.74) is 7.24. The van der Waals surface area contributed by atoms with Gasteiger partial charge in [-0.2, -0.15) is 0 Å². The van der Waals surface area contributed by atoms with Gasteiger partial charge in [0.15, 0.2) is 0 Å². The first kappa shape index (κ1) is 13.6. The van der Waals surface area contributed by atoms with E-state index in [4.69, 9.17) is 5.73 Å². The second kappa shape index (κ2) is 5.94. The van der Waals surface area contributed by atoms with Gasteiger partial charge in [-0.25, -0.2) is 0 Å². The quantitative estimate of drug-likeness (QED) is 0.889. The van der Waals surface area contributed by atoms with E-state index in [2.05, 4.69) is 4.90 Å². The molecule has 2 atom stereocenters. The molecule has 2 aliphatic rings. The Hall–Kier alpha value is -1.39. The Kier molecular flexibility index (Phi) is 4.03. The van der Waals surface area contributed by atoms with Gasteiger partial charge in [-0.05, 0) is 31.4 Å². The van der Waals surface area contributed by atoms with Crippen LogP contribution in [0.15, 0.2) is 30.3 Å². The minimum absolute atomic E-state index is 0.111. The Balaban J connectivity index is 1.58. The van der Waals surface area contributed by atoms with E-state index in [1.54, 1.807) is 0 Å². The molecule has 2 saturated heterocycles. The summed E-state index contributed by atoms with van der Waals surface area (Å²) >= 11 is 0. The number of nitrogens with two attached hydrogens (primary N) is 1. The third kappa shape index (κ3) is 2.86. The molecular weight excluding hydrogens is 250 g/mol. The van der Waals surface area contributed by atoms with Crippen LogP contribution < -0.4 is 5.73 Å². The van der Waals surface area contributed by atoms with E-state index in [0.29, 0.717) is 12.5 Å². The van der Waals surface area contributed by atoms with Gasteiger partial charge in [0.1, 0.15) is 0 Å². The van der Waals surface area contributed by atoms with E-state index in [1.807, 2.05) is 35.2 Å². The minimum atomic E-state index is -0.412. The van der Waals surface area contributed by atoms with Crippen LogP contribution >= 0.6 is 0 Å². The molecule has 2 heterocycles. The van der Waals surface area contributed by atoms with Gasteiger partial charge in [-0.15, -0.1) is 0 Å². The smallest absolute Gasteiger partial charge is 0.239 e. The summed E-state index contributed by atoms with van der Waals surface area (Å²) in [6, 6.07) is 10.2. The number of nitrogens with zero attached hydrogens (tertiary/aromatic N) is 2. The number of rotatable bonds is 3. The van der Waals surface area contributed by atoms with E-state index >= 15 is 0 Å². The van der Waals surface area contributed by atoms with Crippen LogP contribution in [0, 0.1) is 0 Å². The zero-order chi connectivity index (χ0) is 13.9. The molecule has 1 amide bonds. The van der Waals surface area contributed by atoms with Crippen molar-refractivity contribution in [1.82, 2.24) is 9.80 Å². The van der Waals surface area contributed by atoms with Crippen molar-refractivity contribution < 1.29 is 4.79 Å². The fraction of sp³-hybridized carbons (Fsp3) is 0.562. The van der Waals surface area contributed by atoms with Crippen molar-refractivity contribution in [3.8, 4) is 0 Å². The average molecular weight is 273 g/mol. The van der Waals surface area contributed by atoms with E-state index < -0.39 is 6.04 Å². The molecule has 0 aromatic heterocycles. The number of benzene rings is 1. The number of amides is 1. The fourth-order valence-corrected chi connectivity index (χ4v) is 3.38. The third-order valence-electron chi connectivity index (χ3n) is 4.51. The van der Waals surface area contributed by atoms with Gasteiger partial charge < -0.3 is 10.6 Å². The van der Waals surface area contributed by atoms with Crippen LogP contribution in [-0.2, 0) is 11.2 Å². The molecule has 0 radical (unpaired) electrons. The van der Waals surface area contributed by atoms with Gasteiger partial charge in [0, 0.05) is 25.7 Å². The normalized spacial score (nSPS) is 24.4. The molecule has 1 aromatic rings. The predicted molar refractivity (Wildman–Crippen MR) is 79.3 cm³/mol. The lowest BCUT2D eigenvalue weighted by molar-refractivity contribution is -0.135. The third-order valence-corrected chi connectivity index (χ3v) is 4.51. The summed E-state index contributed by atoms with van der Waals surface area (Å²) in [6.45, 7) is 3.90. The monoisotopic (exact) mass is 273 g/mol. The topological polar surface area (TPSA) is 49.6 Å². The van der Waals surface area contributed by atoms with Gasteiger partial charge in [0.25, 0.3) is 0 Å². The molecule has 0 aliphatic carbocycles. The van der Waals surface area contributed by atoms with E-state index in [-0.39, 0.29) is 5.91 Å². The van der Waals surface area contributed by atoms with E-state index in [9.17, 15) is 4.79 Å². The maximum Gasteiger partial charge on any atom is 0.239 e. The number of carbonyl (C=O) groups is 1. The van der Waals surface area contributed by atoms with Crippen molar-refractivity contribution in [1.29, 1.82) is 0 Å². The number of fused-ring (bicyclic) bond motifs is 1. The van der Waals surface area contributed by atoms with Crippen LogP contribution in [0.2, 0.25) is 0 Å². The van der Waals surface area contributed by atoms with Crippen LogP contribution in [0.3, 0.4) is 0 Å². The minimum Gasteiger partial charge on any atom is -0.338 e. The maximum absolute atomic E-state index is 12.5. The standard InChI is InChI=1S/C16H23N3O/c17-15(11-13-5-2-1-3-6-13)16(20)19-10-9-18-8-4-7-14(18)12-19/h1-3,5-6,14-15H,4,7-12,17H2/t14?,15-/m0/s1. The molecule has 2 aliphatic heterocycles. The Morgan fingerprint density at radius 2 is 2.05 bits per heavy atom. The van der Waals surface area contributed by atoms with Gasteiger partial charge in [0.2, 0.25) is 5.91 Å². The second-order valence-corrected chi connectivity index (χ2v) is 5.91.